The van der Waals surface area contributed by atoms with Crippen molar-refractivity contribution in [2.24, 2.45) is 5.73 Å². The summed E-state index contributed by atoms with van der Waals surface area (Å²) in [7, 11) is 0. The minimum atomic E-state index is -0.0188. The summed E-state index contributed by atoms with van der Waals surface area (Å²) in [6.45, 7) is 4.69. The van der Waals surface area contributed by atoms with Crippen LogP contribution in [-0.2, 0) is 0 Å². The van der Waals surface area contributed by atoms with Gasteiger partial charge in [-0.15, -0.1) is 12.4 Å². The topological polar surface area (TPSA) is 64.2 Å². The molecule has 0 radical (unpaired) electrons. The van der Waals surface area contributed by atoms with E-state index in [0.717, 1.165) is 41.7 Å². The van der Waals surface area contributed by atoms with Crippen LogP contribution in [0.2, 0.25) is 0 Å². The van der Waals surface area contributed by atoms with Crippen LogP contribution < -0.4 is 5.73 Å². The third-order valence-electron chi connectivity index (χ3n) is 4.71. The quantitative estimate of drug-likeness (QED) is 0.812. The summed E-state index contributed by atoms with van der Waals surface area (Å²) in [5, 5.41) is 4.43. The van der Waals surface area contributed by atoms with Crippen molar-refractivity contribution in [1.29, 1.82) is 0 Å². The lowest BCUT2D eigenvalue weighted by Gasteiger charge is -2.38. The fraction of sp³-hybridized carbons (Fsp3) is 0.444. The van der Waals surface area contributed by atoms with Gasteiger partial charge < -0.3 is 10.6 Å². The van der Waals surface area contributed by atoms with Gasteiger partial charge in [-0.2, -0.15) is 5.10 Å². The molecular formula is C18H24BrClN4O. The fourth-order valence-electron chi connectivity index (χ4n) is 3.40. The summed E-state index contributed by atoms with van der Waals surface area (Å²) in [5.74, 6) is 0.0377. The Kier molecular flexibility index (Phi) is 6.65. The molecule has 2 unspecified atom stereocenters. The standard InChI is InChI=1S/C18H23BrN4O.ClH/c1-12(20)17-8-3-4-9-22(17)18(24)16-11-21-23(13(16)2)15-7-5-6-14(19)10-15;/h5-7,10-12,17H,3-4,8-9,20H2,1-2H3;1H. The van der Waals surface area contributed by atoms with E-state index in [1.807, 2.05) is 47.7 Å². The van der Waals surface area contributed by atoms with Gasteiger partial charge >= 0.3 is 0 Å². The Morgan fingerprint density at radius 2 is 2.16 bits per heavy atom. The molecule has 2 heterocycles. The van der Waals surface area contributed by atoms with Crippen LogP contribution in [0.5, 0.6) is 0 Å². The average Bonchev–Trinajstić information content (AvgIpc) is 2.95. The molecule has 1 aliphatic heterocycles. The molecular weight excluding hydrogens is 404 g/mol. The molecule has 1 fully saturated rings. The molecule has 1 saturated heterocycles. The van der Waals surface area contributed by atoms with E-state index in [1.54, 1.807) is 6.20 Å². The predicted molar refractivity (Wildman–Crippen MR) is 106 cm³/mol. The molecule has 1 aliphatic rings. The Morgan fingerprint density at radius 1 is 1.40 bits per heavy atom. The lowest BCUT2D eigenvalue weighted by atomic mass is 9.96. The number of hydrogen-bond acceptors (Lipinski definition) is 3. The highest BCUT2D eigenvalue weighted by molar-refractivity contribution is 9.10. The van der Waals surface area contributed by atoms with Crippen molar-refractivity contribution in [3.8, 4) is 5.69 Å². The maximum absolute atomic E-state index is 13.1. The van der Waals surface area contributed by atoms with Gasteiger partial charge in [0.05, 0.1) is 23.1 Å². The van der Waals surface area contributed by atoms with Crippen LogP contribution in [0.15, 0.2) is 34.9 Å². The van der Waals surface area contributed by atoms with Crippen molar-refractivity contribution in [2.45, 2.75) is 45.2 Å². The van der Waals surface area contributed by atoms with Crippen molar-refractivity contribution < 1.29 is 4.79 Å². The summed E-state index contributed by atoms with van der Waals surface area (Å²) in [6.07, 6.45) is 4.81. The van der Waals surface area contributed by atoms with E-state index in [2.05, 4.69) is 21.0 Å². The number of likely N-dealkylation sites (tertiary alicyclic amines) is 1. The summed E-state index contributed by atoms with van der Waals surface area (Å²) < 4.78 is 2.79. The molecule has 3 rings (SSSR count). The van der Waals surface area contributed by atoms with Crippen LogP contribution in [0.25, 0.3) is 5.69 Å². The Morgan fingerprint density at radius 3 is 2.84 bits per heavy atom. The summed E-state index contributed by atoms with van der Waals surface area (Å²) in [6, 6.07) is 7.98. The van der Waals surface area contributed by atoms with Gasteiger partial charge in [0.15, 0.2) is 0 Å². The second-order valence-electron chi connectivity index (χ2n) is 6.46. The van der Waals surface area contributed by atoms with Crippen LogP contribution in [0, 0.1) is 6.92 Å². The molecule has 2 N–H and O–H groups in total. The number of aromatic nitrogens is 2. The van der Waals surface area contributed by atoms with Gasteiger partial charge in [-0.25, -0.2) is 4.68 Å². The third kappa shape index (κ3) is 4.07. The van der Waals surface area contributed by atoms with Crippen LogP contribution >= 0.6 is 28.3 Å². The fourth-order valence-corrected chi connectivity index (χ4v) is 3.79. The zero-order valence-corrected chi connectivity index (χ0v) is 16.9. The van der Waals surface area contributed by atoms with E-state index < -0.39 is 0 Å². The maximum Gasteiger partial charge on any atom is 0.257 e. The second-order valence-corrected chi connectivity index (χ2v) is 7.37. The van der Waals surface area contributed by atoms with Crippen molar-refractivity contribution in [3.63, 3.8) is 0 Å². The largest absolute Gasteiger partial charge is 0.334 e. The number of piperidine rings is 1. The van der Waals surface area contributed by atoms with E-state index in [4.69, 9.17) is 5.73 Å². The van der Waals surface area contributed by atoms with Gasteiger partial charge in [-0.3, -0.25) is 4.79 Å². The molecule has 0 aliphatic carbocycles. The molecule has 7 heteroatoms. The number of nitrogens with zero attached hydrogens (tertiary/aromatic N) is 3. The summed E-state index contributed by atoms with van der Waals surface area (Å²) >= 11 is 3.48. The van der Waals surface area contributed by atoms with Gasteiger partial charge in [0.25, 0.3) is 5.91 Å². The molecule has 0 saturated carbocycles. The number of rotatable bonds is 3. The molecule has 136 valence electrons. The van der Waals surface area contributed by atoms with Gasteiger partial charge in [0.1, 0.15) is 0 Å². The van der Waals surface area contributed by atoms with Gasteiger partial charge in [0, 0.05) is 23.1 Å². The van der Waals surface area contributed by atoms with E-state index in [-0.39, 0.29) is 30.4 Å². The molecule has 25 heavy (non-hydrogen) atoms. The molecule has 1 aromatic heterocycles. The zero-order chi connectivity index (χ0) is 17.3. The second kappa shape index (κ2) is 8.34. The first-order valence-electron chi connectivity index (χ1n) is 8.36. The molecule has 2 atom stereocenters. The highest BCUT2D eigenvalue weighted by Gasteiger charge is 2.31. The lowest BCUT2D eigenvalue weighted by molar-refractivity contribution is 0.0583. The number of hydrogen-bond donors (Lipinski definition) is 1. The first kappa shape index (κ1) is 19.9. The Bertz CT molecular complexity index is 746. The number of amides is 1. The minimum Gasteiger partial charge on any atom is -0.334 e. The molecule has 1 aromatic carbocycles. The summed E-state index contributed by atoms with van der Waals surface area (Å²) in [5.41, 5.74) is 8.55. The molecule has 1 amide bonds. The monoisotopic (exact) mass is 426 g/mol. The first-order valence-corrected chi connectivity index (χ1v) is 9.15. The van der Waals surface area contributed by atoms with Crippen molar-refractivity contribution >= 4 is 34.2 Å². The van der Waals surface area contributed by atoms with Gasteiger partial charge in [-0.1, -0.05) is 22.0 Å². The number of benzene rings is 1. The summed E-state index contributed by atoms with van der Waals surface area (Å²) in [4.78, 5) is 15.0. The van der Waals surface area contributed by atoms with E-state index in [9.17, 15) is 4.79 Å². The molecule has 5 nitrogen and oxygen atoms in total. The maximum atomic E-state index is 13.1. The van der Waals surface area contributed by atoms with E-state index in [0.29, 0.717) is 5.56 Å². The van der Waals surface area contributed by atoms with Gasteiger partial charge in [0.2, 0.25) is 0 Å². The Hall–Kier alpha value is -1.37. The van der Waals surface area contributed by atoms with E-state index in [1.165, 1.54) is 0 Å². The van der Waals surface area contributed by atoms with Crippen molar-refractivity contribution in [1.82, 2.24) is 14.7 Å². The number of carbonyl (C=O) groups is 1. The average molecular weight is 428 g/mol. The Labute approximate surface area is 163 Å². The number of carbonyl (C=O) groups excluding carboxylic acids is 1. The van der Waals surface area contributed by atoms with Crippen LogP contribution in [0.1, 0.15) is 42.2 Å². The smallest absolute Gasteiger partial charge is 0.257 e. The van der Waals surface area contributed by atoms with Crippen LogP contribution in [0.4, 0.5) is 0 Å². The SMILES string of the molecule is Cc1c(C(=O)N2CCCCC2C(C)N)cnn1-c1cccc(Br)c1.Cl. The normalized spacial score (nSPS) is 18.6. The minimum absolute atomic E-state index is 0. The number of nitrogens with two attached hydrogens (primary N) is 1. The van der Waals surface area contributed by atoms with Gasteiger partial charge in [-0.05, 0) is 51.3 Å². The highest BCUT2D eigenvalue weighted by atomic mass is 79.9. The zero-order valence-electron chi connectivity index (χ0n) is 14.5. The highest BCUT2D eigenvalue weighted by Crippen LogP contribution is 2.24. The molecule has 0 bridgehead atoms. The lowest BCUT2D eigenvalue weighted by Crippen LogP contribution is -2.51. The van der Waals surface area contributed by atoms with Crippen molar-refractivity contribution in [2.75, 3.05) is 6.54 Å². The molecule has 2 aromatic rings. The van der Waals surface area contributed by atoms with Crippen molar-refractivity contribution in [3.05, 3.63) is 46.2 Å². The third-order valence-corrected chi connectivity index (χ3v) is 5.20. The predicted octanol–water partition coefficient (Wildman–Crippen LogP) is 3.71. The Balaban J connectivity index is 0.00000225. The number of halogens is 2. The first-order chi connectivity index (χ1) is 11.5. The molecule has 0 spiro atoms. The van der Waals surface area contributed by atoms with Crippen LogP contribution in [-0.4, -0.2) is 39.2 Å². The van der Waals surface area contributed by atoms with E-state index >= 15 is 0 Å². The van der Waals surface area contributed by atoms with Crippen LogP contribution in [0.3, 0.4) is 0 Å².